The fourth-order valence-corrected chi connectivity index (χ4v) is 3.74. The molecule has 1 aromatic heterocycles. The Morgan fingerprint density at radius 3 is 2.46 bits per heavy atom. The number of hydrogen-bond donors (Lipinski definition) is 1. The third kappa shape index (κ3) is 6.10. The van der Waals surface area contributed by atoms with E-state index in [1.165, 1.54) is 11.8 Å². The Morgan fingerprint density at radius 2 is 1.82 bits per heavy atom. The minimum absolute atomic E-state index is 0.0864. The van der Waals surface area contributed by atoms with E-state index < -0.39 is 0 Å². The number of thioether (sulfide) groups is 1. The molecule has 1 N–H and O–H groups in total. The molecule has 0 bridgehead atoms. The summed E-state index contributed by atoms with van der Waals surface area (Å²) in [7, 11) is 0. The monoisotopic (exact) mass is 402 g/mol. The zero-order chi connectivity index (χ0) is 19.9. The van der Waals surface area contributed by atoms with E-state index in [4.69, 9.17) is 4.52 Å². The number of anilines is 1. The molecule has 0 spiro atoms. The second kappa shape index (κ2) is 9.75. The summed E-state index contributed by atoms with van der Waals surface area (Å²) in [6.07, 6.45) is 0. The van der Waals surface area contributed by atoms with Crippen molar-refractivity contribution in [2.75, 3.05) is 43.0 Å². The first-order chi connectivity index (χ1) is 13.5. The predicted octanol–water partition coefficient (Wildman–Crippen LogP) is 2.31. The summed E-state index contributed by atoms with van der Waals surface area (Å²) in [5.41, 5.74) is 2.81. The number of nitrogens with zero attached hydrogens (tertiary/aromatic N) is 3. The summed E-state index contributed by atoms with van der Waals surface area (Å²) in [5.74, 6) is 1.44. The summed E-state index contributed by atoms with van der Waals surface area (Å²) >= 11 is 1.35. The molecule has 1 aromatic carbocycles. The van der Waals surface area contributed by atoms with Crippen molar-refractivity contribution < 1.29 is 14.1 Å². The first-order valence-corrected chi connectivity index (χ1v) is 10.5. The Kier molecular flexibility index (Phi) is 7.11. The molecule has 8 heteroatoms. The number of hydrogen-bond acceptors (Lipinski definition) is 6. The molecule has 1 saturated heterocycles. The quantitative estimate of drug-likeness (QED) is 0.766. The molecular weight excluding hydrogens is 376 g/mol. The largest absolute Gasteiger partial charge is 0.360 e. The lowest BCUT2D eigenvalue weighted by atomic mass is 10.2. The number of rotatable bonds is 7. The van der Waals surface area contributed by atoms with E-state index in [2.05, 4.69) is 15.4 Å². The third-order valence-corrected chi connectivity index (χ3v) is 5.49. The van der Waals surface area contributed by atoms with Gasteiger partial charge in [0.05, 0.1) is 23.7 Å². The standard InChI is InChI=1S/C20H26N4O3S/c1-15-3-5-17(6-4-15)21-19(25)13-28-14-20(26)24-9-7-23(8-10-24)12-18-11-16(2)22-27-18/h3-6,11H,7-10,12-14H2,1-2H3,(H,21,25). The van der Waals surface area contributed by atoms with Gasteiger partial charge in [-0.25, -0.2) is 0 Å². The minimum Gasteiger partial charge on any atom is -0.360 e. The van der Waals surface area contributed by atoms with E-state index in [9.17, 15) is 9.59 Å². The number of nitrogens with one attached hydrogen (secondary N) is 1. The first-order valence-electron chi connectivity index (χ1n) is 9.36. The van der Waals surface area contributed by atoms with Gasteiger partial charge < -0.3 is 14.7 Å². The van der Waals surface area contributed by atoms with Crippen LogP contribution in [0.3, 0.4) is 0 Å². The van der Waals surface area contributed by atoms with Crippen LogP contribution in [-0.4, -0.2) is 64.5 Å². The molecule has 2 aromatic rings. The van der Waals surface area contributed by atoms with E-state index >= 15 is 0 Å². The predicted molar refractivity (Wildman–Crippen MR) is 110 cm³/mol. The van der Waals surface area contributed by atoms with Crippen molar-refractivity contribution in [3.8, 4) is 0 Å². The van der Waals surface area contributed by atoms with Crippen LogP contribution in [0.4, 0.5) is 5.69 Å². The number of aromatic nitrogens is 1. The molecule has 28 heavy (non-hydrogen) atoms. The summed E-state index contributed by atoms with van der Waals surface area (Å²) < 4.78 is 5.25. The summed E-state index contributed by atoms with van der Waals surface area (Å²) in [6, 6.07) is 9.60. The Labute approximate surface area is 169 Å². The van der Waals surface area contributed by atoms with Crippen molar-refractivity contribution in [2.45, 2.75) is 20.4 Å². The Morgan fingerprint density at radius 1 is 1.11 bits per heavy atom. The molecule has 0 unspecified atom stereocenters. The van der Waals surface area contributed by atoms with Gasteiger partial charge in [0, 0.05) is 37.9 Å². The molecule has 0 radical (unpaired) electrons. The van der Waals surface area contributed by atoms with Crippen LogP contribution in [-0.2, 0) is 16.1 Å². The molecule has 0 saturated carbocycles. The summed E-state index contributed by atoms with van der Waals surface area (Å²) in [5, 5.41) is 6.75. The zero-order valence-corrected chi connectivity index (χ0v) is 17.1. The van der Waals surface area contributed by atoms with Crippen LogP contribution >= 0.6 is 11.8 Å². The highest BCUT2D eigenvalue weighted by Gasteiger charge is 2.22. The van der Waals surface area contributed by atoms with E-state index in [-0.39, 0.29) is 17.6 Å². The number of benzene rings is 1. The highest BCUT2D eigenvalue weighted by Crippen LogP contribution is 2.12. The number of piperazine rings is 1. The number of carbonyl (C=O) groups excluding carboxylic acids is 2. The van der Waals surface area contributed by atoms with Crippen LogP contribution in [0.2, 0.25) is 0 Å². The maximum atomic E-state index is 12.4. The van der Waals surface area contributed by atoms with E-state index in [1.54, 1.807) is 0 Å². The smallest absolute Gasteiger partial charge is 0.234 e. The first kappa shape index (κ1) is 20.4. The molecule has 3 rings (SSSR count). The Hall–Kier alpha value is -2.32. The van der Waals surface area contributed by atoms with Gasteiger partial charge in [0.15, 0.2) is 5.76 Å². The SMILES string of the molecule is Cc1ccc(NC(=O)CSCC(=O)N2CCN(Cc3cc(C)no3)CC2)cc1. The fraction of sp³-hybridized carbons (Fsp3) is 0.450. The summed E-state index contributed by atoms with van der Waals surface area (Å²) in [4.78, 5) is 28.5. The van der Waals surface area contributed by atoms with Gasteiger partial charge in [0.2, 0.25) is 11.8 Å². The Bertz CT molecular complexity index is 798. The van der Waals surface area contributed by atoms with E-state index in [1.807, 2.05) is 49.1 Å². The van der Waals surface area contributed by atoms with Crippen molar-refractivity contribution in [1.29, 1.82) is 0 Å². The van der Waals surface area contributed by atoms with Crippen molar-refractivity contribution in [1.82, 2.24) is 15.0 Å². The van der Waals surface area contributed by atoms with Gasteiger partial charge >= 0.3 is 0 Å². The van der Waals surface area contributed by atoms with Gasteiger partial charge in [-0.2, -0.15) is 0 Å². The molecule has 1 aliphatic rings. The van der Waals surface area contributed by atoms with E-state index in [0.717, 1.165) is 42.3 Å². The van der Waals surface area contributed by atoms with Crippen LogP contribution in [0.1, 0.15) is 17.0 Å². The molecule has 7 nitrogen and oxygen atoms in total. The number of aryl methyl sites for hydroxylation is 2. The van der Waals surface area contributed by atoms with Crippen molar-refractivity contribution in [3.05, 3.63) is 47.3 Å². The molecule has 1 fully saturated rings. The lowest BCUT2D eigenvalue weighted by Crippen LogP contribution is -2.48. The average molecular weight is 403 g/mol. The molecule has 150 valence electrons. The Balaban J connectivity index is 1.33. The molecular formula is C20H26N4O3S. The molecule has 2 amide bonds. The van der Waals surface area contributed by atoms with Gasteiger partial charge in [-0.15, -0.1) is 11.8 Å². The third-order valence-electron chi connectivity index (χ3n) is 4.58. The van der Waals surface area contributed by atoms with Crippen LogP contribution in [0.5, 0.6) is 0 Å². The second-order valence-electron chi connectivity index (χ2n) is 7.00. The van der Waals surface area contributed by atoms with Crippen molar-refractivity contribution >= 4 is 29.3 Å². The number of amides is 2. The normalized spacial score (nSPS) is 14.9. The maximum Gasteiger partial charge on any atom is 0.234 e. The zero-order valence-electron chi connectivity index (χ0n) is 16.3. The van der Waals surface area contributed by atoms with Gasteiger partial charge in [-0.3, -0.25) is 14.5 Å². The van der Waals surface area contributed by atoms with Crippen LogP contribution in [0, 0.1) is 13.8 Å². The van der Waals surface area contributed by atoms with Crippen molar-refractivity contribution in [3.63, 3.8) is 0 Å². The molecule has 2 heterocycles. The molecule has 0 aliphatic carbocycles. The lowest BCUT2D eigenvalue weighted by molar-refractivity contribution is -0.130. The summed E-state index contributed by atoms with van der Waals surface area (Å²) in [6.45, 7) is 7.64. The average Bonchev–Trinajstić information content (AvgIpc) is 3.09. The van der Waals surface area contributed by atoms with Gasteiger partial charge in [-0.05, 0) is 26.0 Å². The van der Waals surface area contributed by atoms with E-state index in [0.29, 0.717) is 18.8 Å². The minimum atomic E-state index is -0.0891. The highest BCUT2D eigenvalue weighted by molar-refractivity contribution is 8.00. The van der Waals surface area contributed by atoms with Crippen molar-refractivity contribution in [2.24, 2.45) is 0 Å². The maximum absolute atomic E-state index is 12.4. The van der Waals surface area contributed by atoms with Crippen LogP contribution in [0.25, 0.3) is 0 Å². The van der Waals surface area contributed by atoms with Gasteiger partial charge in [0.25, 0.3) is 0 Å². The fourth-order valence-electron chi connectivity index (χ4n) is 3.02. The lowest BCUT2D eigenvalue weighted by Gasteiger charge is -2.34. The van der Waals surface area contributed by atoms with Gasteiger partial charge in [0.1, 0.15) is 0 Å². The molecule has 1 aliphatic heterocycles. The van der Waals surface area contributed by atoms with Crippen LogP contribution in [0.15, 0.2) is 34.9 Å². The number of carbonyl (C=O) groups is 2. The van der Waals surface area contributed by atoms with Gasteiger partial charge in [-0.1, -0.05) is 22.9 Å². The van der Waals surface area contributed by atoms with Crippen LogP contribution < -0.4 is 5.32 Å². The molecule has 0 atom stereocenters. The topological polar surface area (TPSA) is 78.7 Å². The highest BCUT2D eigenvalue weighted by atomic mass is 32.2. The second-order valence-corrected chi connectivity index (χ2v) is 7.98.